The number of aromatic nitrogens is 3. The van der Waals surface area contributed by atoms with Crippen molar-refractivity contribution in [3.05, 3.63) is 39.9 Å². The quantitative estimate of drug-likeness (QED) is 0.898. The monoisotopic (exact) mass is 314 g/mol. The predicted octanol–water partition coefficient (Wildman–Crippen LogP) is 1.60. The number of nitrogens with zero attached hydrogens (tertiary/aromatic N) is 3. The summed E-state index contributed by atoms with van der Waals surface area (Å²) in [6.07, 6.45) is 0. The molecule has 0 aliphatic carbocycles. The molecule has 0 unspecified atom stereocenters. The van der Waals surface area contributed by atoms with Crippen LogP contribution in [0.25, 0.3) is 5.69 Å². The van der Waals surface area contributed by atoms with Gasteiger partial charge in [-0.3, -0.25) is 4.79 Å². The molecule has 1 heterocycles. The molecule has 1 aromatic carbocycles. The van der Waals surface area contributed by atoms with E-state index in [2.05, 4.69) is 15.4 Å². The Labute approximate surface area is 125 Å². The summed E-state index contributed by atoms with van der Waals surface area (Å²) in [5.41, 5.74) is 0.474. The molecule has 0 aliphatic heterocycles. The Kier molecular flexibility index (Phi) is 4.59. The van der Waals surface area contributed by atoms with Gasteiger partial charge in [0, 0.05) is 6.54 Å². The van der Waals surface area contributed by atoms with Crippen LogP contribution < -0.4 is 5.32 Å². The van der Waals surface area contributed by atoms with Crippen molar-refractivity contribution in [1.29, 1.82) is 0 Å². The van der Waals surface area contributed by atoms with Crippen LogP contribution in [0.1, 0.15) is 16.4 Å². The van der Waals surface area contributed by atoms with E-state index >= 15 is 0 Å². The van der Waals surface area contributed by atoms with Gasteiger partial charge in [0.25, 0.3) is 5.91 Å². The molecule has 0 saturated carbocycles. The third kappa shape index (κ3) is 2.92. The molecule has 0 fully saturated rings. The minimum Gasteiger partial charge on any atom is -0.395 e. The van der Waals surface area contributed by atoms with Crippen LogP contribution in [0.5, 0.6) is 0 Å². The van der Waals surface area contributed by atoms with Crippen molar-refractivity contribution in [2.24, 2.45) is 0 Å². The summed E-state index contributed by atoms with van der Waals surface area (Å²) in [5.74, 6) is 0.00478. The maximum Gasteiger partial charge on any atom is 0.291 e. The molecule has 1 amide bonds. The van der Waals surface area contributed by atoms with Crippen LogP contribution in [-0.4, -0.2) is 38.9 Å². The van der Waals surface area contributed by atoms with Crippen LogP contribution in [0.2, 0.25) is 10.0 Å². The van der Waals surface area contributed by atoms with Gasteiger partial charge in [0.15, 0.2) is 0 Å². The molecule has 8 heteroatoms. The van der Waals surface area contributed by atoms with Gasteiger partial charge in [-0.1, -0.05) is 29.3 Å². The summed E-state index contributed by atoms with van der Waals surface area (Å²) in [5, 5.41) is 16.1. The average molecular weight is 315 g/mol. The third-order valence-corrected chi connectivity index (χ3v) is 3.13. The molecular weight excluding hydrogens is 303 g/mol. The second kappa shape index (κ2) is 6.21. The van der Waals surface area contributed by atoms with Gasteiger partial charge in [0.05, 0.1) is 16.7 Å². The molecule has 0 atom stereocenters. The van der Waals surface area contributed by atoms with Gasteiger partial charge < -0.3 is 10.4 Å². The van der Waals surface area contributed by atoms with Crippen LogP contribution in [0.3, 0.4) is 0 Å². The Morgan fingerprint density at radius 1 is 1.40 bits per heavy atom. The topological polar surface area (TPSA) is 80.0 Å². The second-order valence-corrected chi connectivity index (χ2v) is 4.76. The number of halogens is 2. The average Bonchev–Trinajstić information content (AvgIpc) is 2.78. The first-order valence-electron chi connectivity index (χ1n) is 5.81. The molecule has 6 nitrogen and oxygen atoms in total. The number of aliphatic hydroxyl groups is 1. The normalized spacial score (nSPS) is 10.6. The molecule has 0 aliphatic rings. The fourth-order valence-electron chi connectivity index (χ4n) is 1.64. The number of para-hydroxylation sites is 1. The zero-order valence-corrected chi connectivity index (χ0v) is 12.1. The molecule has 1 aromatic heterocycles. The van der Waals surface area contributed by atoms with Crippen molar-refractivity contribution in [1.82, 2.24) is 20.1 Å². The van der Waals surface area contributed by atoms with Crippen LogP contribution in [-0.2, 0) is 0 Å². The summed E-state index contributed by atoms with van der Waals surface area (Å²) >= 11 is 12.2. The highest BCUT2D eigenvalue weighted by atomic mass is 35.5. The molecule has 20 heavy (non-hydrogen) atoms. The fourth-order valence-corrected chi connectivity index (χ4v) is 2.20. The lowest BCUT2D eigenvalue weighted by Gasteiger charge is -2.07. The number of benzene rings is 1. The molecule has 0 saturated heterocycles. The minimum atomic E-state index is -0.468. The first kappa shape index (κ1) is 14.8. The Balaban J connectivity index is 2.39. The van der Waals surface area contributed by atoms with Crippen molar-refractivity contribution in [2.75, 3.05) is 13.2 Å². The van der Waals surface area contributed by atoms with Gasteiger partial charge in [0.1, 0.15) is 11.5 Å². The Hall–Kier alpha value is -1.63. The number of aryl methyl sites for hydroxylation is 1. The zero-order valence-electron chi connectivity index (χ0n) is 10.6. The van der Waals surface area contributed by atoms with Gasteiger partial charge in [-0.25, -0.2) is 9.67 Å². The molecule has 2 N–H and O–H groups in total. The van der Waals surface area contributed by atoms with E-state index in [0.29, 0.717) is 21.6 Å². The Morgan fingerprint density at radius 3 is 2.65 bits per heavy atom. The van der Waals surface area contributed by atoms with E-state index in [1.54, 1.807) is 25.1 Å². The van der Waals surface area contributed by atoms with E-state index in [9.17, 15) is 4.79 Å². The molecule has 0 spiro atoms. The molecule has 2 aromatic rings. The number of aliphatic hydroxyl groups excluding tert-OH is 1. The SMILES string of the molecule is Cc1nc(C(=O)NCCO)nn1-c1c(Cl)cccc1Cl. The second-order valence-electron chi connectivity index (χ2n) is 3.94. The van der Waals surface area contributed by atoms with Crippen LogP contribution in [0.4, 0.5) is 0 Å². The van der Waals surface area contributed by atoms with Crippen LogP contribution in [0, 0.1) is 6.92 Å². The Bertz CT molecular complexity index is 622. The lowest BCUT2D eigenvalue weighted by Crippen LogP contribution is -2.27. The number of rotatable bonds is 4. The van der Waals surface area contributed by atoms with Gasteiger partial charge in [-0.2, -0.15) is 0 Å². The number of amides is 1. The summed E-state index contributed by atoms with van der Waals surface area (Å²) in [7, 11) is 0. The molecular formula is C12H12Cl2N4O2. The summed E-state index contributed by atoms with van der Waals surface area (Å²) in [6.45, 7) is 1.68. The number of carbonyl (C=O) groups is 1. The van der Waals surface area contributed by atoms with Crippen LogP contribution >= 0.6 is 23.2 Å². The van der Waals surface area contributed by atoms with Crippen molar-refractivity contribution >= 4 is 29.1 Å². The summed E-state index contributed by atoms with van der Waals surface area (Å²) < 4.78 is 1.42. The van der Waals surface area contributed by atoms with Crippen molar-refractivity contribution < 1.29 is 9.90 Å². The minimum absolute atomic E-state index is 0.00747. The largest absolute Gasteiger partial charge is 0.395 e. The third-order valence-electron chi connectivity index (χ3n) is 2.52. The molecule has 2 rings (SSSR count). The molecule has 106 valence electrons. The van der Waals surface area contributed by atoms with Gasteiger partial charge in [-0.15, -0.1) is 5.10 Å². The van der Waals surface area contributed by atoms with Crippen molar-refractivity contribution in [3.8, 4) is 5.69 Å². The van der Waals surface area contributed by atoms with Crippen molar-refractivity contribution in [2.45, 2.75) is 6.92 Å². The highest BCUT2D eigenvalue weighted by molar-refractivity contribution is 6.37. The smallest absolute Gasteiger partial charge is 0.291 e. The first-order valence-corrected chi connectivity index (χ1v) is 6.57. The lowest BCUT2D eigenvalue weighted by atomic mass is 10.3. The zero-order chi connectivity index (χ0) is 14.7. The van der Waals surface area contributed by atoms with Gasteiger partial charge in [-0.05, 0) is 19.1 Å². The summed E-state index contributed by atoms with van der Waals surface area (Å²) in [4.78, 5) is 15.8. The van der Waals surface area contributed by atoms with E-state index < -0.39 is 5.91 Å². The van der Waals surface area contributed by atoms with E-state index in [1.165, 1.54) is 4.68 Å². The van der Waals surface area contributed by atoms with E-state index in [4.69, 9.17) is 28.3 Å². The standard InChI is InChI=1S/C12H12Cl2N4O2/c1-7-16-11(12(20)15-5-6-19)17-18(7)10-8(13)3-2-4-9(10)14/h2-4,19H,5-6H2,1H3,(H,15,20). The Morgan fingerprint density at radius 2 is 2.05 bits per heavy atom. The van der Waals surface area contributed by atoms with E-state index in [1.807, 2.05) is 0 Å². The van der Waals surface area contributed by atoms with Crippen LogP contribution in [0.15, 0.2) is 18.2 Å². The first-order chi connectivity index (χ1) is 9.54. The highest BCUT2D eigenvalue weighted by Crippen LogP contribution is 2.28. The fraction of sp³-hybridized carbons (Fsp3) is 0.250. The predicted molar refractivity (Wildman–Crippen MR) is 75.5 cm³/mol. The van der Waals surface area contributed by atoms with E-state index in [-0.39, 0.29) is 19.0 Å². The van der Waals surface area contributed by atoms with Gasteiger partial charge >= 0.3 is 0 Å². The number of hydrogen-bond donors (Lipinski definition) is 2. The van der Waals surface area contributed by atoms with E-state index in [0.717, 1.165) is 0 Å². The molecule has 0 bridgehead atoms. The van der Waals surface area contributed by atoms with Crippen molar-refractivity contribution in [3.63, 3.8) is 0 Å². The maximum atomic E-state index is 11.7. The van der Waals surface area contributed by atoms with Gasteiger partial charge in [0.2, 0.25) is 5.82 Å². The molecule has 0 radical (unpaired) electrons. The number of nitrogens with one attached hydrogen (secondary N) is 1. The number of carbonyl (C=O) groups excluding carboxylic acids is 1. The lowest BCUT2D eigenvalue weighted by molar-refractivity contribution is 0.0934. The highest BCUT2D eigenvalue weighted by Gasteiger charge is 2.17. The number of hydrogen-bond acceptors (Lipinski definition) is 4. The maximum absolute atomic E-state index is 11.7. The summed E-state index contributed by atoms with van der Waals surface area (Å²) in [6, 6.07) is 5.07.